The lowest BCUT2D eigenvalue weighted by atomic mass is 10.2. The highest BCUT2D eigenvalue weighted by molar-refractivity contribution is 9.10. The van der Waals surface area contributed by atoms with E-state index in [9.17, 15) is 4.79 Å². The summed E-state index contributed by atoms with van der Waals surface area (Å²) in [7, 11) is 1.62. The molecule has 1 aromatic carbocycles. The fourth-order valence-electron chi connectivity index (χ4n) is 1.66. The van der Waals surface area contributed by atoms with Crippen molar-refractivity contribution in [2.24, 2.45) is 0 Å². The summed E-state index contributed by atoms with van der Waals surface area (Å²) in [5.41, 5.74) is 1.73. The van der Waals surface area contributed by atoms with Crippen molar-refractivity contribution in [3.63, 3.8) is 0 Å². The third kappa shape index (κ3) is 2.79. The zero-order valence-corrected chi connectivity index (χ0v) is 11.0. The maximum absolute atomic E-state index is 11.2. The summed E-state index contributed by atoms with van der Waals surface area (Å²) in [5, 5.41) is 5.97. The molecule has 0 atom stereocenters. The van der Waals surface area contributed by atoms with Crippen LogP contribution in [0.25, 0.3) is 0 Å². The van der Waals surface area contributed by atoms with E-state index in [2.05, 4.69) is 26.6 Å². The number of rotatable bonds is 3. The van der Waals surface area contributed by atoms with Crippen LogP contribution >= 0.6 is 15.9 Å². The van der Waals surface area contributed by atoms with Crippen LogP contribution in [0.2, 0.25) is 0 Å². The molecule has 0 saturated heterocycles. The highest BCUT2D eigenvalue weighted by Gasteiger charge is 2.12. The predicted octanol–water partition coefficient (Wildman–Crippen LogP) is 2.27. The van der Waals surface area contributed by atoms with E-state index in [-0.39, 0.29) is 5.91 Å². The molecule has 1 aliphatic rings. The number of nitrogens with one attached hydrogen (secondary N) is 2. The van der Waals surface area contributed by atoms with E-state index in [1.165, 1.54) is 0 Å². The minimum absolute atomic E-state index is 0.0650. The third-order valence-corrected chi connectivity index (χ3v) is 3.14. The van der Waals surface area contributed by atoms with Gasteiger partial charge < -0.3 is 15.4 Å². The Morgan fingerprint density at radius 1 is 1.47 bits per heavy atom. The molecule has 2 N–H and O–H groups in total. The number of carbonyl (C=O) groups is 1. The third-order valence-electron chi connectivity index (χ3n) is 2.48. The standard InChI is InChI=1S/C12H13BrN2O2/c1-17-10-4-2-3-9(13)12(10)15-8-5-6-14-11(16)7-8/h2-4,7,15H,5-6H2,1H3,(H,14,16). The van der Waals surface area contributed by atoms with Crippen LogP contribution in [0.3, 0.4) is 0 Å². The molecule has 4 nitrogen and oxygen atoms in total. The Morgan fingerprint density at radius 3 is 3.00 bits per heavy atom. The van der Waals surface area contributed by atoms with Gasteiger partial charge in [0, 0.05) is 29.2 Å². The minimum Gasteiger partial charge on any atom is -0.495 e. The Balaban J connectivity index is 2.26. The van der Waals surface area contributed by atoms with Gasteiger partial charge in [0.1, 0.15) is 5.75 Å². The average molecular weight is 297 g/mol. The molecule has 1 amide bonds. The second-order valence-corrected chi connectivity index (χ2v) is 4.51. The number of hydrogen-bond acceptors (Lipinski definition) is 3. The molecule has 17 heavy (non-hydrogen) atoms. The molecule has 0 aromatic heterocycles. The van der Waals surface area contributed by atoms with Crippen LogP contribution in [0.4, 0.5) is 5.69 Å². The topological polar surface area (TPSA) is 50.4 Å². The molecule has 0 radical (unpaired) electrons. The Labute approximate surface area is 108 Å². The Morgan fingerprint density at radius 2 is 2.29 bits per heavy atom. The van der Waals surface area contributed by atoms with Crippen molar-refractivity contribution in [3.05, 3.63) is 34.4 Å². The summed E-state index contributed by atoms with van der Waals surface area (Å²) in [6.45, 7) is 0.657. The zero-order valence-electron chi connectivity index (χ0n) is 9.42. The van der Waals surface area contributed by atoms with Gasteiger partial charge in [-0.15, -0.1) is 0 Å². The summed E-state index contributed by atoms with van der Waals surface area (Å²) in [6, 6.07) is 5.70. The first-order valence-corrected chi connectivity index (χ1v) is 6.08. The number of carbonyl (C=O) groups excluding carboxylic acids is 1. The first-order valence-electron chi connectivity index (χ1n) is 5.28. The molecule has 2 rings (SSSR count). The second-order valence-electron chi connectivity index (χ2n) is 3.65. The SMILES string of the molecule is COc1cccc(Br)c1NC1=CC(=O)NCC1. The van der Waals surface area contributed by atoms with Gasteiger partial charge in [0.25, 0.3) is 0 Å². The number of methoxy groups -OCH3 is 1. The fourth-order valence-corrected chi connectivity index (χ4v) is 2.10. The van der Waals surface area contributed by atoms with Crippen LogP contribution in [0.15, 0.2) is 34.4 Å². The average Bonchev–Trinajstić information content (AvgIpc) is 2.32. The van der Waals surface area contributed by atoms with Gasteiger partial charge in [0.2, 0.25) is 5.91 Å². The second kappa shape index (κ2) is 5.23. The van der Waals surface area contributed by atoms with Crippen molar-refractivity contribution in [2.45, 2.75) is 6.42 Å². The van der Waals surface area contributed by atoms with Gasteiger partial charge in [0.05, 0.1) is 12.8 Å². The van der Waals surface area contributed by atoms with E-state index >= 15 is 0 Å². The molecule has 0 saturated carbocycles. The molecular formula is C12H13BrN2O2. The lowest BCUT2D eigenvalue weighted by molar-refractivity contribution is -0.116. The maximum atomic E-state index is 11.2. The van der Waals surface area contributed by atoms with Crippen molar-refractivity contribution < 1.29 is 9.53 Å². The number of anilines is 1. The van der Waals surface area contributed by atoms with Crippen LogP contribution in [0.1, 0.15) is 6.42 Å². The van der Waals surface area contributed by atoms with E-state index in [4.69, 9.17) is 4.74 Å². The van der Waals surface area contributed by atoms with E-state index < -0.39 is 0 Å². The van der Waals surface area contributed by atoms with E-state index in [1.54, 1.807) is 13.2 Å². The summed E-state index contributed by atoms with van der Waals surface area (Å²) < 4.78 is 6.18. The Bertz CT molecular complexity index is 472. The molecule has 1 aliphatic heterocycles. The lowest BCUT2D eigenvalue weighted by Gasteiger charge is -2.18. The molecule has 0 bridgehead atoms. The number of hydrogen-bond donors (Lipinski definition) is 2. The van der Waals surface area contributed by atoms with Crippen LogP contribution in [-0.2, 0) is 4.79 Å². The summed E-state index contributed by atoms with van der Waals surface area (Å²) in [4.78, 5) is 11.2. The van der Waals surface area contributed by atoms with Gasteiger partial charge >= 0.3 is 0 Å². The quantitative estimate of drug-likeness (QED) is 0.900. The molecule has 1 heterocycles. The highest BCUT2D eigenvalue weighted by Crippen LogP contribution is 2.33. The van der Waals surface area contributed by atoms with Gasteiger partial charge in [0.15, 0.2) is 0 Å². The normalized spacial score (nSPS) is 14.9. The molecule has 5 heteroatoms. The van der Waals surface area contributed by atoms with Gasteiger partial charge in [-0.2, -0.15) is 0 Å². The van der Waals surface area contributed by atoms with Crippen molar-refractivity contribution in [3.8, 4) is 5.75 Å². The number of benzene rings is 1. The van der Waals surface area contributed by atoms with Crippen molar-refractivity contribution in [1.82, 2.24) is 5.32 Å². The van der Waals surface area contributed by atoms with E-state index in [0.29, 0.717) is 6.54 Å². The smallest absolute Gasteiger partial charge is 0.245 e. The first kappa shape index (κ1) is 12.0. The van der Waals surface area contributed by atoms with E-state index in [0.717, 1.165) is 28.0 Å². The maximum Gasteiger partial charge on any atom is 0.245 e. The van der Waals surface area contributed by atoms with Crippen molar-refractivity contribution in [1.29, 1.82) is 0 Å². The van der Waals surface area contributed by atoms with E-state index in [1.807, 2.05) is 18.2 Å². The molecule has 0 fully saturated rings. The number of ether oxygens (including phenoxy) is 1. The number of para-hydroxylation sites is 1. The van der Waals surface area contributed by atoms with Gasteiger partial charge in [-0.05, 0) is 28.1 Å². The summed E-state index contributed by atoms with van der Waals surface area (Å²) in [6.07, 6.45) is 2.36. The Kier molecular flexibility index (Phi) is 3.68. The lowest BCUT2D eigenvalue weighted by Crippen LogP contribution is -2.28. The molecule has 0 aliphatic carbocycles. The van der Waals surface area contributed by atoms with Gasteiger partial charge in [-0.1, -0.05) is 6.07 Å². The largest absolute Gasteiger partial charge is 0.495 e. The monoisotopic (exact) mass is 296 g/mol. The summed E-state index contributed by atoms with van der Waals surface area (Å²) in [5.74, 6) is 0.677. The fraction of sp³-hybridized carbons (Fsp3) is 0.250. The number of halogens is 1. The van der Waals surface area contributed by atoms with Gasteiger partial charge in [-0.3, -0.25) is 4.79 Å². The van der Waals surface area contributed by atoms with Crippen molar-refractivity contribution in [2.75, 3.05) is 19.0 Å². The summed E-state index contributed by atoms with van der Waals surface area (Å²) >= 11 is 3.46. The molecule has 0 spiro atoms. The van der Waals surface area contributed by atoms with Crippen LogP contribution in [-0.4, -0.2) is 19.6 Å². The molecular weight excluding hydrogens is 284 g/mol. The first-order chi connectivity index (χ1) is 8.20. The zero-order chi connectivity index (χ0) is 12.3. The van der Waals surface area contributed by atoms with Crippen LogP contribution in [0.5, 0.6) is 5.75 Å². The highest BCUT2D eigenvalue weighted by atomic mass is 79.9. The van der Waals surface area contributed by atoms with Crippen molar-refractivity contribution >= 4 is 27.5 Å². The number of amides is 1. The van der Waals surface area contributed by atoms with Gasteiger partial charge in [-0.25, -0.2) is 0 Å². The van der Waals surface area contributed by atoms with Crippen LogP contribution in [0, 0.1) is 0 Å². The molecule has 90 valence electrons. The minimum atomic E-state index is -0.0650. The Hall–Kier alpha value is -1.49. The molecule has 0 unspecified atom stereocenters. The van der Waals surface area contributed by atoms with Crippen LogP contribution < -0.4 is 15.4 Å². The molecule has 1 aromatic rings. The predicted molar refractivity (Wildman–Crippen MR) is 70.0 cm³/mol.